The number of nitrogens with zero attached hydrogens (tertiary/aromatic N) is 4. The minimum Gasteiger partial charge on any atom is -0.495 e. The van der Waals surface area contributed by atoms with E-state index in [1.54, 1.807) is 19.2 Å². The summed E-state index contributed by atoms with van der Waals surface area (Å²) >= 11 is 0. The smallest absolute Gasteiger partial charge is 0.421 e. The first-order valence-electron chi connectivity index (χ1n) is 13.0. The number of anilines is 4. The summed E-state index contributed by atoms with van der Waals surface area (Å²) in [6, 6.07) is 10.2. The molecule has 10 nitrogen and oxygen atoms in total. The number of rotatable bonds is 11. The molecule has 0 radical (unpaired) electrons. The summed E-state index contributed by atoms with van der Waals surface area (Å²) in [5.41, 5.74) is 1.14. The highest BCUT2D eigenvalue weighted by Crippen LogP contribution is 2.60. The highest BCUT2D eigenvalue weighted by atomic mass is 31.2. The Labute approximate surface area is 242 Å². The van der Waals surface area contributed by atoms with E-state index in [1.165, 1.54) is 24.1 Å². The van der Waals surface area contributed by atoms with Crippen LogP contribution < -0.4 is 15.4 Å². The van der Waals surface area contributed by atoms with Gasteiger partial charge in [-0.3, -0.25) is 4.79 Å². The highest BCUT2D eigenvalue weighted by Gasteiger charge is 2.38. The zero-order chi connectivity index (χ0) is 30.7. The Kier molecular flexibility index (Phi) is 9.21. The lowest BCUT2D eigenvalue weighted by Gasteiger charge is -2.20. The predicted octanol–water partition coefficient (Wildman–Crippen LogP) is 6.50. The van der Waals surface area contributed by atoms with Crippen LogP contribution in [0.25, 0.3) is 0 Å². The molecule has 1 aliphatic rings. The first kappa shape index (κ1) is 31.0. The van der Waals surface area contributed by atoms with Gasteiger partial charge in [-0.25, -0.2) is 14.0 Å². The Morgan fingerprint density at radius 3 is 2.43 bits per heavy atom. The van der Waals surface area contributed by atoms with Crippen molar-refractivity contribution in [2.24, 2.45) is 0 Å². The molecule has 1 amide bonds. The Morgan fingerprint density at radius 2 is 1.81 bits per heavy atom. The second-order valence-corrected chi connectivity index (χ2v) is 12.4. The van der Waals surface area contributed by atoms with Crippen LogP contribution in [-0.4, -0.2) is 54.8 Å². The molecule has 2 aromatic carbocycles. The van der Waals surface area contributed by atoms with E-state index in [9.17, 15) is 23.2 Å². The molecule has 42 heavy (non-hydrogen) atoms. The molecule has 1 aromatic heterocycles. The number of benzene rings is 2. The minimum absolute atomic E-state index is 0.102. The molecule has 222 valence electrons. The van der Waals surface area contributed by atoms with Gasteiger partial charge in [-0.15, -0.1) is 0 Å². The van der Waals surface area contributed by atoms with Crippen LogP contribution in [0.15, 0.2) is 36.5 Å². The van der Waals surface area contributed by atoms with Gasteiger partial charge in [-0.05, 0) is 43.7 Å². The fraction of sp³-hybridized carbons (Fsp3) is 0.357. The number of amides is 1. The second-order valence-electron chi connectivity index (χ2n) is 9.53. The van der Waals surface area contributed by atoms with Gasteiger partial charge in [0.25, 0.3) is 13.6 Å². The van der Waals surface area contributed by atoms with Crippen LogP contribution in [-0.2, 0) is 27.9 Å². The predicted molar refractivity (Wildman–Crippen MR) is 153 cm³/mol. The molecule has 0 spiro atoms. The molecular weight excluding hydrogens is 572 g/mol. The number of methoxy groups -OCH3 is 1. The summed E-state index contributed by atoms with van der Waals surface area (Å²) in [6.45, 7) is 6.96. The minimum atomic E-state index is -4.78. The fourth-order valence-corrected chi connectivity index (χ4v) is 6.91. The van der Waals surface area contributed by atoms with Crippen LogP contribution in [0.2, 0.25) is 0 Å². The molecule has 0 aliphatic carbocycles. The van der Waals surface area contributed by atoms with Crippen molar-refractivity contribution in [2.75, 3.05) is 44.7 Å². The van der Waals surface area contributed by atoms with Crippen LogP contribution in [0.1, 0.15) is 46.5 Å². The van der Waals surface area contributed by atoms with E-state index >= 15 is 0 Å². The van der Waals surface area contributed by atoms with Crippen molar-refractivity contribution in [1.82, 2.24) is 14.9 Å². The van der Waals surface area contributed by atoms with Crippen molar-refractivity contribution in [1.29, 1.82) is 5.26 Å². The zero-order valence-corrected chi connectivity index (χ0v) is 24.7. The lowest BCUT2D eigenvalue weighted by atomic mass is 10.0. The average Bonchev–Trinajstić information content (AvgIpc) is 3.23. The fourth-order valence-electron chi connectivity index (χ4n) is 4.70. The van der Waals surface area contributed by atoms with Gasteiger partial charge in [0.1, 0.15) is 30.0 Å². The molecule has 0 unspecified atom stereocenters. The third-order valence-electron chi connectivity index (χ3n) is 6.52. The van der Waals surface area contributed by atoms with Gasteiger partial charge in [0.2, 0.25) is 5.95 Å². The summed E-state index contributed by atoms with van der Waals surface area (Å²) in [7, 11) is 0.883. The van der Waals surface area contributed by atoms with Crippen molar-refractivity contribution in [2.45, 2.75) is 32.7 Å². The number of hydrogen-bond donors (Lipinski definition) is 2. The monoisotopic (exact) mass is 603 g/mol. The number of carbonyl (C=O) groups is 1. The number of nitrogens with one attached hydrogen (secondary N) is 2. The average molecular weight is 604 g/mol. The quantitative estimate of drug-likeness (QED) is 0.237. The highest BCUT2D eigenvalue weighted by molar-refractivity contribution is 7.64. The van der Waals surface area contributed by atoms with Gasteiger partial charge in [-0.1, -0.05) is 6.07 Å². The number of carbonyl (C=O) groups excluding carboxylic acids is 1. The van der Waals surface area contributed by atoms with Crippen LogP contribution in [0.5, 0.6) is 5.75 Å². The van der Waals surface area contributed by atoms with E-state index in [4.69, 9.17) is 13.8 Å². The Balaban J connectivity index is 1.68. The van der Waals surface area contributed by atoms with Crippen LogP contribution >= 0.6 is 7.72 Å². The van der Waals surface area contributed by atoms with E-state index in [1.807, 2.05) is 32.6 Å². The zero-order valence-electron chi connectivity index (χ0n) is 23.8. The molecule has 2 N–H and O–H groups in total. The van der Waals surface area contributed by atoms with Crippen LogP contribution in [0, 0.1) is 11.3 Å². The van der Waals surface area contributed by atoms with E-state index in [2.05, 4.69) is 20.6 Å². The van der Waals surface area contributed by atoms with E-state index < -0.39 is 31.2 Å². The second kappa shape index (κ2) is 12.5. The molecule has 1 aliphatic heterocycles. The summed E-state index contributed by atoms with van der Waals surface area (Å²) in [5, 5.41) is 15.0. The van der Waals surface area contributed by atoms with Gasteiger partial charge in [-0.2, -0.15) is 23.4 Å². The molecule has 14 heteroatoms. The van der Waals surface area contributed by atoms with E-state index in [0.717, 1.165) is 5.56 Å². The molecule has 0 fully saturated rings. The normalized spacial score (nSPS) is 13.1. The van der Waals surface area contributed by atoms with Gasteiger partial charge >= 0.3 is 6.18 Å². The van der Waals surface area contributed by atoms with Crippen LogP contribution in [0.3, 0.4) is 0 Å². The molecule has 0 saturated heterocycles. The van der Waals surface area contributed by atoms with Gasteiger partial charge in [0.15, 0.2) is 0 Å². The summed E-state index contributed by atoms with van der Waals surface area (Å²) in [5.74, 6) is -0.684. The van der Waals surface area contributed by atoms with Crippen LogP contribution in [0.4, 0.5) is 36.3 Å². The molecular formula is C28H31F3N6O4P+. The number of ether oxygens (including phenoxy) is 1. The summed E-state index contributed by atoms with van der Waals surface area (Å²) in [6.07, 6.45) is -3.58. The number of halogens is 3. The topological polar surface area (TPSA) is 122 Å². The number of hydrogen-bond acceptors (Lipinski definition) is 9. The maximum absolute atomic E-state index is 14.0. The third-order valence-corrected chi connectivity index (χ3v) is 9.07. The lowest BCUT2D eigenvalue weighted by molar-refractivity contribution is -0.137. The number of alkyl halides is 3. The molecule has 0 bridgehead atoms. The molecule has 2 heterocycles. The lowest BCUT2D eigenvalue weighted by Crippen LogP contribution is -2.18. The maximum Gasteiger partial charge on any atom is 0.421 e. The van der Waals surface area contributed by atoms with Crippen molar-refractivity contribution in [3.63, 3.8) is 0 Å². The maximum atomic E-state index is 14.0. The summed E-state index contributed by atoms with van der Waals surface area (Å²) in [4.78, 5) is 22.2. The van der Waals surface area contributed by atoms with Crippen molar-refractivity contribution in [3.8, 4) is 11.8 Å². The first-order valence-corrected chi connectivity index (χ1v) is 15.3. The molecule has 0 atom stereocenters. The van der Waals surface area contributed by atoms with Crippen molar-refractivity contribution < 1.29 is 31.8 Å². The number of aromatic nitrogens is 2. The first-order chi connectivity index (χ1) is 19.9. The largest absolute Gasteiger partial charge is 0.495 e. The number of nitriles is 1. The van der Waals surface area contributed by atoms with E-state index in [-0.39, 0.29) is 29.3 Å². The Morgan fingerprint density at radius 1 is 1.12 bits per heavy atom. The molecule has 0 saturated carbocycles. The Bertz CT molecular complexity index is 1520. The van der Waals surface area contributed by atoms with Gasteiger partial charge in [0, 0.05) is 25.4 Å². The standard InChI is InChI=1S/C28H30F3N6O4P/c1-6-40-42(5,41-7-2)16-17-8-10-21(23(12-17)39-4)35-27-33-14-20(28(29,30)31)25(36-27)34-22-11-9-18(13-32)19-15-37(3)26(38)24(19)22/h8-12,14H,6-7,15-16H2,1-5H3,(H-,33,34,35,36,38)/p+1. The number of fused-ring (bicyclic) bond motifs is 1. The molecule has 4 rings (SSSR count). The van der Waals surface area contributed by atoms with Crippen molar-refractivity contribution in [3.05, 3.63) is 64.3 Å². The van der Waals surface area contributed by atoms with E-state index in [0.29, 0.717) is 42.6 Å². The SMILES string of the molecule is CCO[P+](C)(Cc1ccc(Nc2ncc(C(F)(F)F)c(Nc3ccc(C#N)c4c3C(=O)N(C)C4)n2)c(OC)c1)OCC. The van der Waals surface area contributed by atoms with Gasteiger partial charge < -0.3 is 20.3 Å². The van der Waals surface area contributed by atoms with Gasteiger partial charge in [0.05, 0.1) is 48.9 Å². The third kappa shape index (κ3) is 6.57. The molecule has 3 aromatic rings. The van der Waals surface area contributed by atoms with Crippen molar-refractivity contribution >= 4 is 36.8 Å². The Hall–Kier alpha value is -3.98. The summed E-state index contributed by atoms with van der Waals surface area (Å²) < 4.78 is 59.2.